The number of aryl methyl sites for hydroxylation is 1. The SMILES string of the molecule is Cc1ccc(S(C)(=O)=O)cc1NC1CCCCC1C. The van der Waals surface area contributed by atoms with Gasteiger partial charge in [-0.1, -0.05) is 25.8 Å². The lowest BCUT2D eigenvalue weighted by Crippen LogP contribution is -2.30. The van der Waals surface area contributed by atoms with Crippen LogP contribution in [-0.4, -0.2) is 20.7 Å². The summed E-state index contributed by atoms with van der Waals surface area (Å²) in [6.07, 6.45) is 6.24. The molecule has 0 bridgehead atoms. The van der Waals surface area contributed by atoms with Crippen LogP contribution in [0.5, 0.6) is 0 Å². The topological polar surface area (TPSA) is 46.2 Å². The number of benzene rings is 1. The van der Waals surface area contributed by atoms with Crippen LogP contribution in [0.25, 0.3) is 0 Å². The zero-order valence-electron chi connectivity index (χ0n) is 11.9. The van der Waals surface area contributed by atoms with Crippen molar-refractivity contribution in [1.82, 2.24) is 0 Å². The second kappa shape index (κ2) is 5.53. The molecule has 106 valence electrons. The van der Waals surface area contributed by atoms with Crippen LogP contribution in [0, 0.1) is 12.8 Å². The van der Waals surface area contributed by atoms with E-state index in [-0.39, 0.29) is 0 Å². The molecule has 19 heavy (non-hydrogen) atoms. The molecule has 1 aromatic carbocycles. The molecule has 2 rings (SSSR count). The maximum atomic E-state index is 11.6. The molecule has 1 aliphatic carbocycles. The Morgan fingerprint density at radius 1 is 1.21 bits per heavy atom. The Bertz CT molecular complexity index is 551. The van der Waals surface area contributed by atoms with Gasteiger partial charge in [-0.15, -0.1) is 0 Å². The van der Waals surface area contributed by atoms with E-state index < -0.39 is 9.84 Å². The third-order valence-electron chi connectivity index (χ3n) is 4.09. The number of rotatable bonds is 3. The first-order chi connectivity index (χ1) is 8.88. The number of anilines is 1. The van der Waals surface area contributed by atoms with E-state index in [4.69, 9.17) is 0 Å². The molecule has 1 aromatic rings. The molecule has 1 N–H and O–H groups in total. The number of hydrogen-bond donors (Lipinski definition) is 1. The lowest BCUT2D eigenvalue weighted by Gasteiger charge is -2.31. The Morgan fingerprint density at radius 3 is 2.53 bits per heavy atom. The summed E-state index contributed by atoms with van der Waals surface area (Å²) in [5.41, 5.74) is 2.06. The highest BCUT2D eigenvalue weighted by atomic mass is 32.2. The molecule has 0 spiro atoms. The predicted octanol–water partition coefficient (Wildman–Crippen LogP) is 3.39. The minimum atomic E-state index is -3.14. The molecule has 3 nitrogen and oxygen atoms in total. The monoisotopic (exact) mass is 281 g/mol. The Balaban J connectivity index is 2.24. The highest BCUT2D eigenvalue weighted by Gasteiger charge is 2.21. The normalized spacial score (nSPS) is 24.2. The molecule has 2 atom stereocenters. The number of sulfone groups is 1. The second-order valence-corrected chi connectivity index (χ2v) is 7.78. The van der Waals surface area contributed by atoms with E-state index in [9.17, 15) is 8.42 Å². The molecule has 0 heterocycles. The van der Waals surface area contributed by atoms with Crippen molar-refractivity contribution >= 4 is 15.5 Å². The largest absolute Gasteiger partial charge is 0.382 e. The van der Waals surface area contributed by atoms with Gasteiger partial charge in [0.25, 0.3) is 0 Å². The molecule has 0 aliphatic heterocycles. The van der Waals surface area contributed by atoms with Crippen LogP contribution in [0.15, 0.2) is 23.1 Å². The number of nitrogens with one attached hydrogen (secondary N) is 1. The summed E-state index contributed by atoms with van der Waals surface area (Å²) in [7, 11) is -3.14. The van der Waals surface area contributed by atoms with Crippen molar-refractivity contribution < 1.29 is 8.42 Å². The van der Waals surface area contributed by atoms with Gasteiger partial charge in [-0.3, -0.25) is 0 Å². The first-order valence-electron chi connectivity index (χ1n) is 6.95. The predicted molar refractivity (Wildman–Crippen MR) is 79.3 cm³/mol. The van der Waals surface area contributed by atoms with Gasteiger partial charge < -0.3 is 5.32 Å². The van der Waals surface area contributed by atoms with Crippen molar-refractivity contribution in [2.45, 2.75) is 50.5 Å². The quantitative estimate of drug-likeness (QED) is 0.923. The fourth-order valence-corrected chi connectivity index (χ4v) is 3.36. The van der Waals surface area contributed by atoms with E-state index in [1.165, 1.54) is 31.9 Å². The first-order valence-corrected chi connectivity index (χ1v) is 8.84. The summed E-state index contributed by atoms with van der Waals surface area (Å²) in [5, 5.41) is 3.55. The fourth-order valence-electron chi connectivity index (χ4n) is 2.72. The van der Waals surface area contributed by atoms with E-state index in [0.717, 1.165) is 11.3 Å². The van der Waals surface area contributed by atoms with Crippen molar-refractivity contribution in [3.05, 3.63) is 23.8 Å². The molecule has 4 heteroatoms. The third kappa shape index (κ3) is 3.50. The highest BCUT2D eigenvalue weighted by molar-refractivity contribution is 7.90. The summed E-state index contributed by atoms with van der Waals surface area (Å²) in [5.74, 6) is 0.648. The van der Waals surface area contributed by atoms with Gasteiger partial charge >= 0.3 is 0 Å². The Hall–Kier alpha value is -1.03. The van der Waals surface area contributed by atoms with Crippen molar-refractivity contribution in [3.63, 3.8) is 0 Å². The van der Waals surface area contributed by atoms with E-state index in [2.05, 4.69) is 12.2 Å². The van der Waals surface area contributed by atoms with Crippen LogP contribution >= 0.6 is 0 Å². The van der Waals surface area contributed by atoms with Gasteiger partial charge in [-0.25, -0.2) is 8.42 Å². The summed E-state index contributed by atoms with van der Waals surface area (Å²) < 4.78 is 23.3. The minimum absolute atomic E-state index is 0.393. The molecule has 1 aliphatic rings. The molecule has 0 aromatic heterocycles. The van der Waals surface area contributed by atoms with Gasteiger partial charge in [0.05, 0.1) is 4.90 Å². The Kier molecular flexibility index (Phi) is 4.19. The Morgan fingerprint density at radius 2 is 1.89 bits per heavy atom. The smallest absolute Gasteiger partial charge is 0.175 e. The summed E-state index contributed by atoms with van der Waals surface area (Å²) in [6, 6.07) is 5.79. The molecule has 2 unspecified atom stereocenters. The molecule has 1 saturated carbocycles. The van der Waals surface area contributed by atoms with Crippen molar-refractivity contribution in [2.75, 3.05) is 11.6 Å². The fraction of sp³-hybridized carbons (Fsp3) is 0.600. The first kappa shape index (κ1) is 14.4. The number of hydrogen-bond acceptors (Lipinski definition) is 3. The molecular formula is C15H23NO2S. The third-order valence-corrected chi connectivity index (χ3v) is 5.20. The van der Waals surface area contributed by atoms with E-state index >= 15 is 0 Å². The van der Waals surface area contributed by atoms with Crippen molar-refractivity contribution in [1.29, 1.82) is 0 Å². The zero-order chi connectivity index (χ0) is 14.0. The molecular weight excluding hydrogens is 258 g/mol. The van der Waals surface area contributed by atoms with Gasteiger partial charge in [0.15, 0.2) is 9.84 Å². The maximum absolute atomic E-state index is 11.6. The van der Waals surface area contributed by atoms with Crippen LogP contribution in [0.3, 0.4) is 0 Å². The summed E-state index contributed by atoms with van der Waals surface area (Å²) >= 11 is 0. The minimum Gasteiger partial charge on any atom is -0.382 e. The summed E-state index contributed by atoms with van der Waals surface area (Å²) in [6.45, 7) is 4.29. The second-order valence-electron chi connectivity index (χ2n) is 5.76. The van der Waals surface area contributed by atoms with Crippen LogP contribution in [0.1, 0.15) is 38.2 Å². The van der Waals surface area contributed by atoms with Gasteiger partial charge in [-0.2, -0.15) is 0 Å². The summed E-state index contributed by atoms with van der Waals surface area (Å²) in [4.78, 5) is 0.393. The van der Waals surface area contributed by atoms with Crippen LogP contribution in [-0.2, 0) is 9.84 Å². The zero-order valence-corrected chi connectivity index (χ0v) is 12.8. The molecule has 0 amide bonds. The van der Waals surface area contributed by atoms with E-state index in [0.29, 0.717) is 16.9 Å². The van der Waals surface area contributed by atoms with Gasteiger partial charge in [0.2, 0.25) is 0 Å². The molecule has 0 saturated heterocycles. The average molecular weight is 281 g/mol. The molecule has 1 fully saturated rings. The van der Waals surface area contributed by atoms with Crippen LogP contribution < -0.4 is 5.32 Å². The van der Waals surface area contributed by atoms with Crippen molar-refractivity contribution in [3.8, 4) is 0 Å². The lowest BCUT2D eigenvalue weighted by molar-refractivity contribution is 0.349. The van der Waals surface area contributed by atoms with Gasteiger partial charge in [0, 0.05) is 18.0 Å². The van der Waals surface area contributed by atoms with Gasteiger partial charge in [0.1, 0.15) is 0 Å². The maximum Gasteiger partial charge on any atom is 0.175 e. The standard InChI is InChI=1S/C15H23NO2S/c1-11-6-4-5-7-14(11)16-15-10-13(19(3,17)18)9-8-12(15)2/h8-11,14,16H,4-7H2,1-3H3. The highest BCUT2D eigenvalue weighted by Crippen LogP contribution is 2.29. The van der Waals surface area contributed by atoms with E-state index in [1.807, 2.05) is 13.0 Å². The van der Waals surface area contributed by atoms with Gasteiger partial charge in [-0.05, 0) is 43.4 Å². The van der Waals surface area contributed by atoms with Crippen LogP contribution in [0.2, 0.25) is 0 Å². The Labute approximate surface area is 116 Å². The van der Waals surface area contributed by atoms with Crippen LogP contribution in [0.4, 0.5) is 5.69 Å². The van der Waals surface area contributed by atoms with E-state index in [1.54, 1.807) is 12.1 Å². The molecule has 0 radical (unpaired) electrons. The van der Waals surface area contributed by atoms with Crippen molar-refractivity contribution in [2.24, 2.45) is 5.92 Å². The lowest BCUT2D eigenvalue weighted by atomic mass is 9.85. The average Bonchev–Trinajstić information content (AvgIpc) is 2.33.